The van der Waals surface area contributed by atoms with Crippen LogP contribution in [0.5, 0.6) is 5.75 Å². The second-order valence-electron chi connectivity index (χ2n) is 6.14. The highest BCUT2D eigenvalue weighted by molar-refractivity contribution is 6.30. The highest BCUT2D eigenvalue weighted by Gasteiger charge is 2.13. The maximum Gasteiger partial charge on any atom is 0.119 e. The summed E-state index contributed by atoms with van der Waals surface area (Å²) in [5.41, 5.74) is 2.53. The molecule has 0 bridgehead atoms. The zero-order valence-electron chi connectivity index (χ0n) is 14.4. The van der Waals surface area contributed by atoms with Crippen molar-refractivity contribution in [1.29, 1.82) is 0 Å². The van der Waals surface area contributed by atoms with Gasteiger partial charge in [-0.25, -0.2) is 0 Å². The molecule has 1 N–H and O–H groups in total. The highest BCUT2D eigenvalue weighted by Crippen LogP contribution is 2.16. The van der Waals surface area contributed by atoms with Crippen LogP contribution in [0, 0.1) is 6.92 Å². The summed E-state index contributed by atoms with van der Waals surface area (Å²) in [6.45, 7) is 6.91. The van der Waals surface area contributed by atoms with Gasteiger partial charge in [0.25, 0.3) is 0 Å². The number of aryl methyl sites for hydroxylation is 1. The van der Waals surface area contributed by atoms with Crippen molar-refractivity contribution in [1.82, 2.24) is 4.90 Å². The van der Waals surface area contributed by atoms with E-state index in [0.29, 0.717) is 11.6 Å². The topological polar surface area (TPSA) is 32.7 Å². The molecule has 130 valence electrons. The van der Waals surface area contributed by atoms with Gasteiger partial charge in [0.15, 0.2) is 0 Å². The molecule has 2 aromatic carbocycles. The zero-order chi connectivity index (χ0) is 17.4. The van der Waals surface area contributed by atoms with Crippen LogP contribution < -0.4 is 4.74 Å². The van der Waals surface area contributed by atoms with Crippen LogP contribution in [0.2, 0.25) is 5.02 Å². The maximum absolute atomic E-state index is 10.3. The third-order valence-electron chi connectivity index (χ3n) is 3.75. The molecule has 4 heteroatoms. The summed E-state index contributed by atoms with van der Waals surface area (Å²) in [5.74, 6) is 0.721. The minimum atomic E-state index is -0.531. The van der Waals surface area contributed by atoms with Crippen LogP contribution in [-0.2, 0) is 6.54 Å². The summed E-state index contributed by atoms with van der Waals surface area (Å²) in [4.78, 5) is 2.27. The van der Waals surface area contributed by atoms with E-state index in [-0.39, 0.29) is 6.61 Å². The summed E-state index contributed by atoms with van der Waals surface area (Å²) in [5, 5.41) is 11.0. The van der Waals surface area contributed by atoms with Gasteiger partial charge in [-0.15, -0.1) is 0 Å². The van der Waals surface area contributed by atoms with Gasteiger partial charge >= 0.3 is 0 Å². The molecule has 0 saturated carbocycles. The van der Waals surface area contributed by atoms with Crippen LogP contribution in [0.15, 0.2) is 48.5 Å². The molecule has 0 aliphatic rings. The largest absolute Gasteiger partial charge is 0.491 e. The van der Waals surface area contributed by atoms with E-state index in [1.807, 2.05) is 12.1 Å². The quantitative estimate of drug-likeness (QED) is 0.734. The average Bonchev–Trinajstić information content (AvgIpc) is 2.54. The van der Waals surface area contributed by atoms with E-state index in [1.54, 1.807) is 12.1 Å². The summed E-state index contributed by atoms with van der Waals surface area (Å²) in [6.07, 6.45) is 0.522. The Bertz CT molecular complexity index is 615. The molecule has 0 aromatic heterocycles. The van der Waals surface area contributed by atoms with Gasteiger partial charge < -0.3 is 9.84 Å². The summed E-state index contributed by atoms with van der Waals surface area (Å²) in [7, 11) is 0. The minimum Gasteiger partial charge on any atom is -0.491 e. The van der Waals surface area contributed by atoms with Crippen molar-refractivity contribution in [3.05, 3.63) is 64.7 Å². The summed E-state index contributed by atoms with van der Waals surface area (Å²) >= 11 is 5.85. The Kier molecular flexibility index (Phi) is 7.57. The van der Waals surface area contributed by atoms with Gasteiger partial charge in [0.05, 0.1) is 0 Å². The molecule has 2 aromatic rings. The number of benzene rings is 2. The molecule has 24 heavy (non-hydrogen) atoms. The van der Waals surface area contributed by atoms with Crippen LogP contribution in [0.3, 0.4) is 0 Å². The Morgan fingerprint density at radius 3 is 2.58 bits per heavy atom. The number of rotatable bonds is 9. The summed E-state index contributed by atoms with van der Waals surface area (Å²) < 4.78 is 5.64. The van der Waals surface area contributed by atoms with Crippen LogP contribution in [0.1, 0.15) is 24.5 Å². The zero-order valence-corrected chi connectivity index (χ0v) is 15.2. The lowest BCUT2D eigenvalue weighted by molar-refractivity contribution is 0.0656. The smallest absolute Gasteiger partial charge is 0.119 e. The van der Waals surface area contributed by atoms with Crippen LogP contribution in [0.4, 0.5) is 0 Å². The number of nitrogens with zero attached hydrogens (tertiary/aromatic N) is 1. The number of hydrogen-bond donors (Lipinski definition) is 1. The third-order valence-corrected chi connectivity index (χ3v) is 4.01. The first-order valence-electron chi connectivity index (χ1n) is 8.41. The Labute approximate surface area is 149 Å². The van der Waals surface area contributed by atoms with Gasteiger partial charge in [-0.2, -0.15) is 0 Å². The lowest BCUT2D eigenvalue weighted by Crippen LogP contribution is -2.35. The van der Waals surface area contributed by atoms with Crippen LogP contribution in [-0.4, -0.2) is 35.8 Å². The van der Waals surface area contributed by atoms with E-state index in [0.717, 1.165) is 25.3 Å². The normalized spacial score (nSPS) is 12.4. The Hall–Kier alpha value is -1.55. The molecule has 2 rings (SSSR count). The second-order valence-corrected chi connectivity index (χ2v) is 6.58. The van der Waals surface area contributed by atoms with E-state index >= 15 is 0 Å². The number of ether oxygens (including phenoxy) is 1. The predicted molar refractivity (Wildman–Crippen MR) is 99.7 cm³/mol. The highest BCUT2D eigenvalue weighted by atomic mass is 35.5. The first-order valence-corrected chi connectivity index (χ1v) is 8.79. The van der Waals surface area contributed by atoms with E-state index in [9.17, 15) is 5.11 Å². The van der Waals surface area contributed by atoms with Crippen LogP contribution >= 0.6 is 11.6 Å². The van der Waals surface area contributed by atoms with Gasteiger partial charge in [-0.1, -0.05) is 48.4 Å². The van der Waals surface area contributed by atoms with Crippen molar-refractivity contribution in [2.24, 2.45) is 0 Å². The van der Waals surface area contributed by atoms with Crippen LogP contribution in [0.25, 0.3) is 0 Å². The molecule has 0 fully saturated rings. The van der Waals surface area contributed by atoms with Gasteiger partial charge in [-0.05, 0) is 49.7 Å². The first kappa shape index (κ1) is 18.8. The Morgan fingerprint density at radius 1 is 1.17 bits per heavy atom. The van der Waals surface area contributed by atoms with Gasteiger partial charge in [-0.3, -0.25) is 4.90 Å². The van der Waals surface area contributed by atoms with E-state index in [2.05, 4.69) is 43.0 Å². The van der Waals surface area contributed by atoms with Crippen molar-refractivity contribution >= 4 is 11.6 Å². The monoisotopic (exact) mass is 347 g/mol. The molecule has 0 aliphatic carbocycles. The van der Waals surface area contributed by atoms with E-state index < -0.39 is 6.10 Å². The minimum absolute atomic E-state index is 0.273. The lowest BCUT2D eigenvalue weighted by atomic mass is 10.1. The molecule has 0 spiro atoms. The van der Waals surface area contributed by atoms with Gasteiger partial charge in [0.1, 0.15) is 18.5 Å². The molecule has 0 amide bonds. The fourth-order valence-corrected chi connectivity index (χ4v) is 2.82. The first-order chi connectivity index (χ1) is 11.6. The second kappa shape index (κ2) is 9.67. The van der Waals surface area contributed by atoms with Crippen molar-refractivity contribution in [3.63, 3.8) is 0 Å². The van der Waals surface area contributed by atoms with E-state index in [1.165, 1.54) is 11.1 Å². The standard InChI is InChI=1S/C20H26ClNO2/c1-3-11-22(13-17-6-4-5-16(2)12-17)14-19(23)15-24-20-9-7-18(21)8-10-20/h4-10,12,19,23H,3,11,13-15H2,1-2H3. The molecule has 0 radical (unpaired) electrons. The number of aliphatic hydroxyl groups excluding tert-OH is 1. The predicted octanol–water partition coefficient (Wildman–Crippen LogP) is 4.30. The molecule has 1 unspecified atom stereocenters. The van der Waals surface area contributed by atoms with Gasteiger partial charge in [0, 0.05) is 18.1 Å². The molecule has 0 heterocycles. The third kappa shape index (κ3) is 6.52. The van der Waals surface area contributed by atoms with Crippen molar-refractivity contribution in [3.8, 4) is 5.75 Å². The van der Waals surface area contributed by atoms with Gasteiger partial charge in [0.2, 0.25) is 0 Å². The Morgan fingerprint density at radius 2 is 1.92 bits per heavy atom. The molecular weight excluding hydrogens is 322 g/mol. The average molecular weight is 348 g/mol. The van der Waals surface area contributed by atoms with Crippen molar-refractivity contribution in [2.75, 3.05) is 19.7 Å². The summed E-state index contributed by atoms with van der Waals surface area (Å²) in [6, 6.07) is 15.7. The molecule has 1 atom stereocenters. The molecule has 0 saturated heterocycles. The fraction of sp³-hybridized carbons (Fsp3) is 0.400. The lowest BCUT2D eigenvalue weighted by Gasteiger charge is -2.25. The Balaban J connectivity index is 1.85. The number of hydrogen-bond acceptors (Lipinski definition) is 3. The molecule has 3 nitrogen and oxygen atoms in total. The SMILES string of the molecule is CCCN(Cc1cccc(C)c1)CC(O)COc1ccc(Cl)cc1. The fourth-order valence-electron chi connectivity index (χ4n) is 2.69. The number of halogens is 1. The molecule has 0 aliphatic heterocycles. The number of aliphatic hydroxyl groups is 1. The molecular formula is C20H26ClNO2. The van der Waals surface area contributed by atoms with Crippen molar-refractivity contribution in [2.45, 2.75) is 32.9 Å². The maximum atomic E-state index is 10.3. The van der Waals surface area contributed by atoms with Crippen molar-refractivity contribution < 1.29 is 9.84 Å². The van der Waals surface area contributed by atoms with E-state index in [4.69, 9.17) is 16.3 Å².